The number of nitrogen functional groups attached to an aromatic ring is 1. The van der Waals surface area contributed by atoms with Crippen molar-refractivity contribution < 1.29 is 4.74 Å². The Hall–Kier alpha value is -1.82. The molecular weight excluding hydrogens is 242 g/mol. The first-order valence-electron chi connectivity index (χ1n) is 6.51. The second kappa shape index (κ2) is 4.38. The molecule has 2 N–H and O–H groups in total. The zero-order chi connectivity index (χ0) is 13.5. The number of methoxy groups -OCH3 is 1. The molecule has 0 aromatic carbocycles. The van der Waals surface area contributed by atoms with Gasteiger partial charge >= 0.3 is 0 Å². The van der Waals surface area contributed by atoms with Crippen molar-refractivity contribution in [2.24, 2.45) is 0 Å². The molecule has 2 aromatic heterocycles. The lowest BCUT2D eigenvalue weighted by atomic mass is 9.95. The van der Waals surface area contributed by atoms with Gasteiger partial charge in [-0.2, -0.15) is 0 Å². The summed E-state index contributed by atoms with van der Waals surface area (Å²) < 4.78 is 7.54. The summed E-state index contributed by atoms with van der Waals surface area (Å²) in [5, 5.41) is 0. The van der Waals surface area contributed by atoms with Crippen LogP contribution in [0.4, 0.5) is 11.6 Å². The molecule has 3 heterocycles. The van der Waals surface area contributed by atoms with E-state index in [2.05, 4.69) is 21.8 Å². The molecule has 19 heavy (non-hydrogen) atoms. The summed E-state index contributed by atoms with van der Waals surface area (Å²) >= 11 is 0. The first kappa shape index (κ1) is 12.2. The Labute approximate surface area is 112 Å². The Morgan fingerprint density at radius 1 is 1.47 bits per heavy atom. The zero-order valence-corrected chi connectivity index (χ0v) is 11.3. The monoisotopic (exact) mass is 261 g/mol. The summed E-state index contributed by atoms with van der Waals surface area (Å²) in [5.74, 6) is 1.35. The number of piperidine rings is 1. The van der Waals surface area contributed by atoms with Gasteiger partial charge in [0.15, 0.2) is 11.5 Å². The highest BCUT2D eigenvalue weighted by Crippen LogP contribution is 2.29. The van der Waals surface area contributed by atoms with Gasteiger partial charge in [-0.05, 0) is 19.8 Å². The van der Waals surface area contributed by atoms with Gasteiger partial charge in [0.1, 0.15) is 5.82 Å². The fourth-order valence-electron chi connectivity index (χ4n) is 2.70. The normalized spacial score (nSPS) is 24.0. The summed E-state index contributed by atoms with van der Waals surface area (Å²) in [7, 11) is 1.77. The zero-order valence-electron chi connectivity index (χ0n) is 11.3. The lowest BCUT2D eigenvalue weighted by Gasteiger charge is -2.40. The van der Waals surface area contributed by atoms with Gasteiger partial charge in [-0.1, -0.05) is 0 Å². The van der Waals surface area contributed by atoms with Crippen LogP contribution in [0, 0.1) is 0 Å². The standard InChI is InChI=1S/C13H19N5O/c1-13(19-2)4-3-6-18(9-13)12-11-15-5-7-17(11)8-10(14)16-12/h5,7-8H,3-4,6,9,14H2,1-2H3. The van der Waals surface area contributed by atoms with E-state index in [-0.39, 0.29) is 5.60 Å². The molecule has 1 saturated heterocycles. The van der Waals surface area contributed by atoms with Gasteiger partial charge < -0.3 is 19.8 Å². The molecule has 3 rings (SSSR count). The third-order valence-electron chi connectivity index (χ3n) is 3.83. The van der Waals surface area contributed by atoms with Crippen molar-refractivity contribution in [2.75, 3.05) is 30.8 Å². The van der Waals surface area contributed by atoms with E-state index in [0.717, 1.165) is 37.4 Å². The van der Waals surface area contributed by atoms with Crippen LogP contribution in [0.2, 0.25) is 0 Å². The number of ether oxygens (including phenoxy) is 1. The molecule has 102 valence electrons. The number of anilines is 2. The topological polar surface area (TPSA) is 68.7 Å². The van der Waals surface area contributed by atoms with E-state index in [9.17, 15) is 0 Å². The van der Waals surface area contributed by atoms with Crippen LogP contribution < -0.4 is 10.6 Å². The maximum absolute atomic E-state index is 5.87. The number of hydrogen-bond donors (Lipinski definition) is 1. The summed E-state index contributed by atoms with van der Waals surface area (Å²) in [6.45, 7) is 3.90. The molecule has 0 amide bonds. The Balaban J connectivity index is 2.01. The van der Waals surface area contributed by atoms with E-state index in [0.29, 0.717) is 5.82 Å². The second-order valence-electron chi connectivity index (χ2n) is 5.33. The van der Waals surface area contributed by atoms with E-state index in [1.807, 2.05) is 10.6 Å². The maximum atomic E-state index is 5.87. The molecule has 0 spiro atoms. The van der Waals surface area contributed by atoms with Crippen LogP contribution in [0.1, 0.15) is 19.8 Å². The maximum Gasteiger partial charge on any atom is 0.180 e. The van der Waals surface area contributed by atoms with Crippen molar-refractivity contribution in [3.8, 4) is 0 Å². The minimum absolute atomic E-state index is 0.131. The van der Waals surface area contributed by atoms with Crippen LogP contribution in [-0.4, -0.2) is 40.2 Å². The van der Waals surface area contributed by atoms with Gasteiger partial charge in [0.25, 0.3) is 0 Å². The van der Waals surface area contributed by atoms with Crippen molar-refractivity contribution in [2.45, 2.75) is 25.4 Å². The van der Waals surface area contributed by atoms with Crippen LogP contribution in [0.25, 0.3) is 5.65 Å². The molecule has 1 aliphatic heterocycles. The molecule has 1 aliphatic rings. The summed E-state index contributed by atoms with van der Waals surface area (Å²) in [5.41, 5.74) is 6.58. The molecular formula is C13H19N5O. The quantitative estimate of drug-likeness (QED) is 0.883. The number of hydrogen-bond acceptors (Lipinski definition) is 5. The highest BCUT2D eigenvalue weighted by atomic mass is 16.5. The van der Waals surface area contributed by atoms with Gasteiger partial charge in [-0.15, -0.1) is 0 Å². The molecule has 0 saturated carbocycles. The minimum Gasteiger partial charge on any atom is -0.382 e. The number of nitrogens with two attached hydrogens (primary N) is 1. The molecule has 0 radical (unpaired) electrons. The van der Waals surface area contributed by atoms with Crippen LogP contribution >= 0.6 is 0 Å². The third kappa shape index (κ3) is 2.12. The van der Waals surface area contributed by atoms with Crippen molar-refractivity contribution in [1.29, 1.82) is 0 Å². The molecule has 1 fully saturated rings. The molecule has 1 atom stereocenters. The van der Waals surface area contributed by atoms with Crippen molar-refractivity contribution in [3.05, 3.63) is 18.6 Å². The van der Waals surface area contributed by atoms with E-state index < -0.39 is 0 Å². The van der Waals surface area contributed by atoms with Crippen LogP contribution in [0.15, 0.2) is 18.6 Å². The number of imidazole rings is 1. The van der Waals surface area contributed by atoms with Crippen LogP contribution in [-0.2, 0) is 4.74 Å². The van der Waals surface area contributed by atoms with Gasteiger partial charge in [0, 0.05) is 32.6 Å². The molecule has 6 nitrogen and oxygen atoms in total. The van der Waals surface area contributed by atoms with E-state index >= 15 is 0 Å². The molecule has 0 bridgehead atoms. The number of aromatic nitrogens is 3. The van der Waals surface area contributed by atoms with E-state index in [1.165, 1.54) is 0 Å². The number of fused-ring (bicyclic) bond motifs is 1. The fraction of sp³-hybridized carbons (Fsp3) is 0.538. The third-order valence-corrected chi connectivity index (χ3v) is 3.83. The van der Waals surface area contributed by atoms with Gasteiger partial charge in [-0.3, -0.25) is 0 Å². The van der Waals surface area contributed by atoms with Crippen LogP contribution in [0.3, 0.4) is 0 Å². The summed E-state index contributed by atoms with van der Waals surface area (Å²) in [6.07, 6.45) is 7.57. The summed E-state index contributed by atoms with van der Waals surface area (Å²) in [4.78, 5) is 11.0. The molecule has 2 aromatic rings. The summed E-state index contributed by atoms with van der Waals surface area (Å²) in [6, 6.07) is 0. The SMILES string of the molecule is COC1(C)CCCN(c2nc(N)cn3ccnc23)C1. The average molecular weight is 261 g/mol. The Bertz CT molecular complexity index is 596. The molecule has 0 aliphatic carbocycles. The molecule has 1 unspecified atom stereocenters. The lowest BCUT2D eigenvalue weighted by Crippen LogP contribution is -2.48. The van der Waals surface area contributed by atoms with Crippen molar-refractivity contribution >= 4 is 17.3 Å². The predicted octanol–water partition coefficient (Wildman–Crippen LogP) is 1.32. The van der Waals surface area contributed by atoms with Crippen LogP contribution in [0.5, 0.6) is 0 Å². The lowest BCUT2D eigenvalue weighted by molar-refractivity contribution is -0.00476. The van der Waals surface area contributed by atoms with E-state index in [1.54, 1.807) is 19.5 Å². The first-order valence-corrected chi connectivity index (χ1v) is 6.51. The van der Waals surface area contributed by atoms with Gasteiger partial charge in [0.2, 0.25) is 0 Å². The minimum atomic E-state index is -0.131. The highest BCUT2D eigenvalue weighted by Gasteiger charge is 2.32. The highest BCUT2D eigenvalue weighted by molar-refractivity contribution is 5.66. The van der Waals surface area contributed by atoms with Gasteiger partial charge in [0.05, 0.1) is 11.8 Å². The number of nitrogens with zero attached hydrogens (tertiary/aromatic N) is 4. The van der Waals surface area contributed by atoms with Gasteiger partial charge in [-0.25, -0.2) is 9.97 Å². The predicted molar refractivity (Wildman–Crippen MR) is 74.3 cm³/mol. The van der Waals surface area contributed by atoms with E-state index in [4.69, 9.17) is 10.5 Å². The molecule has 6 heteroatoms. The Morgan fingerprint density at radius 3 is 3.11 bits per heavy atom. The largest absolute Gasteiger partial charge is 0.382 e. The Kier molecular flexibility index (Phi) is 2.82. The Morgan fingerprint density at radius 2 is 2.32 bits per heavy atom. The van der Waals surface area contributed by atoms with Crippen molar-refractivity contribution in [3.63, 3.8) is 0 Å². The van der Waals surface area contributed by atoms with Crippen molar-refractivity contribution in [1.82, 2.24) is 14.4 Å². The fourth-order valence-corrected chi connectivity index (χ4v) is 2.70. The first-order chi connectivity index (χ1) is 9.11. The average Bonchev–Trinajstić information content (AvgIpc) is 2.86. The smallest absolute Gasteiger partial charge is 0.180 e. The second-order valence-corrected chi connectivity index (χ2v) is 5.33. The number of rotatable bonds is 2.